The number of pyridine rings is 1. The Balaban J connectivity index is 2.39. The molecule has 0 amide bonds. The van der Waals surface area contributed by atoms with Crippen molar-refractivity contribution >= 4 is 22.5 Å². The molecule has 1 N–H and O–H groups in total. The highest BCUT2D eigenvalue weighted by Gasteiger charge is 2.11. The third kappa shape index (κ3) is 1.71. The average molecular weight is 260 g/mol. The van der Waals surface area contributed by atoms with E-state index in [1.165, 1.54) is 0 Å². The van der Waals surface area contributed by atoms with E-state index >= 15 is 0 Å². The first-order valence-electron chi connectivity index (χ1n) is 5.42. The molecule has 0 aliphatic heterocycles. The van der Waals surface area contributed by atoms with Crippen LogP contribution in [0.5, 0.6) is 5.75 Å². The second kappa shape index (κ2) is 4.31. The number of nitrogens with zero attached hydrogens (tertiary/aromatic N) is 2. The predicted molar refractivity (Wildman–Crippen MR) is 70.9 cm³/mol. The Hall–Kier alpha value is -2.07. The third-order valence-electron chi connectivity index (χ3n) is 2.80. The van der Waals surface area contributed by atoms with Gasteiger partial charge in [-0.3, -0.25) is 5.10 Å². The molecule has 0 saturated heterocycles. The second-order valence-corrected chi connectivity index (χ2v) is 4.22. The summed E-state index contributed by atoms with van der Waals surface area (Å²) >= 11 is 6.07. The number of hydrogen-bond donors (Lipinski definition) is 1. The molecule has 4 nitrogen and oxygen atoms in total. The van der Waals surface area contributed by atoms with Crippen LogP contribution in [0.1, 0.15) is 0 Å². The van der Waals surface area contributed by atoms with E-state index < -0.39 is 0 Å². The summed E-state index contributed by atoms with van der Waals surface area (Å²) in [4.78, 5) is 4.33. The summed E-state index contributed by atoms with van der Waals surface area (Å²) in [7, 11) is 1.62. The monoisotopic (exact) mass is 259 g/mol. The lowest BCUT2D eigenvalue weighted by Gasteiger charge is -2.08. The molecular weight excluding hydrogens is 250 g/mol. The van der Waals surface area contributed by atoms with E-state index in [4.69, 9.17) is 16.3 Å². The molecule has 3 rings (SSSR count). The number of hydrogen-bond acceptors (Lipinski definition) is 3. The lowest BCUT2D eigenvalue weighted by atomic mass is 10.0. The van der Waals surface area contributed by atoms with Gasteiger partial charge in [-0.25, -0.2) is 4.98 Å². The van der Waals surface area contributed by atoms with Gasteiger partial charge < -0.3 is 4.74 Å². The fraction of sp³-hybridized carbons (Fsp3) is 0.0769. The first kappa shape index (κ1) is 11.0. The summed E-state index contributed by atoms with van der Waals surface area (Å²) < 4.78 is 5.31. The number of nitrogens with one attached hydrogen (secondary N) is 1. The summed E-state index contributed by atoms with van der Waals surface area (Å²) in [6, 6.07) is 7.61. The topological polar surface area (TPSA) is 50.8 Å². The molecule has 0 aliphatic carbocycles. The molecule has 0 bridgehead atoms. The smallest absolute Gasteiger partial charge is 0.145 e. The number of fused-ring (bicyclic) bond motifs is 1. The van der Waals surface area contributed by atoms with Crippen LogP contribution in [-0.2, 0) is 0 Å². The normalized spacial score (nSPS) is 10.8. The number of methoxy groups -OCH3 is 1. The van der Waals surface area contributed by atoms with E-state index in [0.717, 1.165) is 22.0 Å². The molecule has 1 aromatic carbocycles. The van der Waals surface area contributed by atoms with Gasteiger partial charge in [0.1, 0.15) is 16.4 Å². The van der Waals surface area contributed by atoms with Crippen LogP contribution in [0, 0.1) is 0 Å². The minimum Gasteiger partial charge on any atom is -0.494 e. The van der Waals surface area contributed by atoms with Crippen LogP contribution in [-0.4, -0.2) is 22.3 Å². The van der Waals surface area contributed by atoms with Gasteiger partial charge in [0.2, 0.25) is 0 Å². The van der Waals surface area contributed by atoms with Gasteiger partial charge >= 0.3 is 0 Å². The number of H-pyrrole nitrogens is 1. The Kier molecular flexibility index (Phi) is 2.64. The molecule has 2 aromatic heterocycles. The van der Waals surface area contributed by atoms with E-state index in [2.05, 4.69) is 15.2 Å². The molecule has 3 aromatic rings. The van der Waals surface area contributed by atoms with Gasteiger partial charge in [0.25, 0.3) is 0 Å². The van der Waals surface area contributed by atoms with E-state index in [1.54, 1.807) is 13.3 Å². The quantitative estimate of drug-likeness (QED) is 0.719. The van der Waals surface area contributed by atoms with Gasteiger partial charge in [0.15, 0.2) is 0 Å². The SMILES string of the molecule is COc1cccc2c(-c3cn[nH]c3)cc(Cl)nc12. The zero-order valence-corrected chi connectivity index (χ0v) is 10.4. The van der Waals surface area contributed by atoms with Crippen molar-refractivity contribution in [1.82, 2.24) is 15.2 Å². The van der Waals surface area contributed by atoms with Crippen LogP contribution >= 0.6 is 11.6 Å². The minimum atomic E-state index is 0.434. The summed E-state index contributed by atoms with van der Waals surface area (Å²) in [5.74, 6) is 0.708. The zero-order chi connectivity index (χ0) is 12.5. The van der Waals surface area contributed by atoms with Gasteiger partial charge in [-0.15, -0.1) is 0 Å². The third-order valence-corrected chi connectivity index (χ3v) is 2.99. The van der Waals surface area contributed by atoms with Crippen molar-refractivity contribution in [1.29, 1.82) is 0 Å². The van der Waals surface area contributed by atoms with Crippen molar-refractivity contribution < 1.29 is 4.74 Å². The van der Waals surface area contributed by atoms with Crippen LogP contribution in [0.25, 0.3) is 22.0 Å². The van der Waals surface area contributed by atoms with Gasteiger partial charge in [0, 0.05) is 17.1 Å². The number of para-hydroxylation sites is 1. The maximum atomic E-state index is 6.07. The number of rotatable bonds is 2. The number of aromatic amines is 1. The van der Waals surface area contributed by atoms with E-state index in [1.807, 2.05) is 30.5 Å². The van der Waals surface area contributed by atoms with Gasteiger partial charge in [-0.2, -0.15) is 5.10 Å². The maximum absolute atomic E-state index is 6.07. The number of halogens is 1. The number of ether oxygens (including phenoxy) is 1. The summed E-state index contributed by atoms with van der Waals surface area (Å²) in [6.45, 7) is 0. The van der Waals surface area contributed by atoms with Gasteiger partial charge in [-0.1, -0.05) is 23.7 Å². The molecule has 0 fully saturated rings. The predicted octanol–water partition coefficient (Wildman–Crippen LogP) is 3.29. The highest BCUT2D eigenvalue weighted by Crippen LogP contribution is 2.33. The Labute approximate surface area is 109 Å². The van der Waals surface area contributed by atoms with E-state index in [0.29, 0.717) is 10.9 Å². The van der Waals surface area contributed by atoms with Crippen molar-refractivity contribution in [3.8, 4) is 16.9 Å². The Morgan fingerprint density at radius 2 is 2.22 bits per heavy atom. The Morgan fingerprint density at radius 1 is 1.33 bits per heavy atom. The molecule has 5 heteroatoms. The molecule has 0 atom stereocenters. The van der Waals surface area contributed by atoms with Crippen molar-refractivity contribution in [3.63, 3.8) is 0 Å². The van der Waals surface area contributed by atoms with Crippen LogP contribution in [0.15, 0.2) is 36.7 Å². The highest BCUT2D eigenvalue weighted by molar-refractivity contribution is 6.30. The molecule has 0 unspecified atom stereocenters. The van der Waals surface area contributed by atoms with Crippen LogP contribution in [0.4, 0.5) is 0 Å². The standard InChI is InChI=1S/C13H10ClN3O/c1-18-11-4-2-3-9-10(8-6-15-16-7-8)5-12(14)17-13(9)11/h2-7H,1H3,(H,15,16). The summed E-state index contributed by atoms with van der Waals surface area (Å²) in [6.07, 6.45) is 3.58. The van der Waals surface area contributed by atoms with E-state index in [9.17, 15) is 0 Å². The Morgan fingerprint density at radius 3 is 2.94 bits per heavy atom. The van der Waals surface area contributed by atoms with Crippen molar-refractivity contribution in [2.24, 2.45) is 0 Å². The maximum Gasteiger partial charge on any atom is 0.145 e. The molecule has 0 spiro atoms. The molecule has 0 aliphatic rings. The van der Waals surface area contributed by atoms with Crippen molar-refractivity contribution in [2.75, 3.05) is 7.11 Å². The van der Waals surface area contributed by atoms with Gasteiger partial charge in [-0.05, 0) is 17.7 Å². The van der Waals surface area contributed by atoms with Crippen molar-refractivity contribution in [3.05, 3.63) is 41.8 Å². The first-order valence-corrected chi connectivity index (χ1v) is 5.80. The lowest BCUT2D eigenvalue weighted by molar-refractivity contribution is 0.419. The molecule has 18 heavy (non-hydrogen) atoms. The van der Waals surface area contributed by atoms with Crippen molar-refractivity contribution in [2.45, 2.75) is 0 Å². The van der Waals surface area contributed by atoms with Crippen LogP contribution in [0.2, 0.25) is 5.15 Å². The number of benzene rings is 1. The second-order valence-electron chi connectivity index (χ2n) is 3.84. The van der Waals surface area contributed by atoms with Crippen LogP contribution in [0.3, 0.4) is 0 Å². The zero-order valence-electron chi connectivity index (χ0n) is 9.64. The molecule has 0 saturated carbocycles. The Bertz CT molecular complexity index is 695. The number of aromatic nitrogens is 3. The lowest BCUT2D eigenvalue weighted by Crippen LogP contribution is -1.90. The molecular formula is C13H10ClN3O. The fourth-order valence-corrected chi connectivity index (χ4v) is 2.19. The minimum absolute atomic E-state index is 0.434. The van der Waals surface area contributed by atoms with E-state index in [-0.39, 0.29) is 0 Å². The van der Waals surface area contributed by atoms with Gasteiger partial charge in [0.05, 0.1) is 13.3 Å². The fourth-order valence-electron chi connectivity index (χ4n) is 1.99. The molecule has 0 radical (unpaired) electrons. The summed E-state index contributed by atoms with van der Waals surface area (Å²) in [5.41, 5.74) is 2.71. The molecule has 2 heterocycles. The average Bonchev–Trinajstić information content (AvgIpc) is 2.90. The molecule has 90 valence electrons. The highest BCUT2D eigenvalue weighted by atomic mass is 35.5. The largest absolute Gasteiger partial charge is 0.494 e. The summed E-state index contributed by atoms with van der Waals surface area (Å²) in [5, 5.41) is 8.17. The first-order chi connectivity index (χ1) is 8.79. The van der Waals surface area contributed by atoms with Crippen LogP contribution < -0.4 is 4.74 Å².